The summed E-state index contributed by atoms with van der Waals surface area (Å²) < 4.78 is 0. The van der Waals surface area contributed by atoms with E-state index < -0.39 is 11.4 Å². The van der Waals surface area contributed by atoms with Gasteiger partial charge in [0.05, 0.1) is 11.8 Å². The van der Waals surface area contributed by atoms with Crippen molar-refractivity contribution in [3.8, 4) is 0 Å². The van der Waals surface area contributed by atoms with Crippen molar-refractivity contribution in [3.63, 3.8) is 0 Å². The van der Waals surface area contributed by atoms with Crippen LogP contribution in [0.25, 0.3) is 0 Å². The molecular formula is C15H19NO3. The van der Waals surface area contributed by atoms with Gasteiger partial charge < -0.3 is 10.4 Å². The number of aryl methyl sites for hydroxylation is 1. The van der Waals surface area contributed by atoms with E-state index in [0.29, 0.717) is 19.3 Å². The van der Waals surface area contributed by atoms with Gasteiger partial charge in [0.25, 0.3) is 0 Å². The largest absolute Gasteiger partial charge is 0.481 e. The maximum atomic E-state index is 11.8. The molecule has 1 amide bonds. The molecule has 0 aromatic heterocycles. The lowest BCUT2D eigenvalue weighted by Crippen LogP contribution is -2.35. The van der Waals surface area contributed by atoms with Crippen LogP contribution in [0, 0.1) is 5.41 Å². The molecule has 0 bridgehead atoms. The molecule has 4 heteroatoms. The highest BCUT2D eigenvalue weighted by Crippen LogP contribution is 2.45. The summed E-state index contributed by atoms with van der Waals surface area (Å²) in [6, 6.07) is 7.93. The van der Waals surface area contributed by atoms with Gasteiger partial charge in [0.1, 0.15) is 0 Å². The minimum Gasteiger partial charge on any atom is -0.481 e. The number of carbonyl (C=O) groups is 2. The van der Waals surface area contributed by atoms with Crippen LogP contribution in [0.2, 0.25) is 0 Å². The summed E-state index contributed by atoms with van der Waals surface area (Å²) in [5.41, 5.74) is 1.50. The maximum Gasteiger partial charge on any atom is 0.311 e. The average molecular weight is 261 g/mol. The highest BCUT2D eigenvalue weighted by molar-refractivity contribution is 5.82. The van der Waals surface area contributed by atoms with Gasteiger partial charge in [-0.15, -0.1) is 0 Å². The monoisotopic (exact) mass is 261 g/mol. The topological polar surface area (TPSA) is 66.4 Å². The van der Waals surface area contributed by atoms with Crippen molar-refractivity contribution in [3.05, 3.63) is 35.4 Å². The summed E-state index contributed by atoms with van der Waals surface area (Å²) in [5.74, 6) is -0.920. The van der Waals surface area contributed by atoms with Gasteiger partial charge in [0, 0.05) is 6.54 Å². The number of rotatable bonds is 6. The van der Waals surface area contributed by atoms with Gasteiger partial charge in [-0.3, -0.25) is 9.59 Å². The molecular weight excluding hydrogens is 242 g/mol. The minimum atomic E-state index is -0.805. The van der Waals surface area contributed by atoms with Crippen LogP contribution in [0.3, 0.4) is 0 Å². The molecule has 19 heavy (non-hydrogen) atoms. The fourth-order valence-electron chi connectivity index (χ4n) is 2.03. The molecule has 0 radical (unpaired) electrons. The molecule has 0 aliphatic heterocycles. The number of aliphatic carboxylic acids is 1. The van der Waals surface area contributed by atoms with Gasteiger partial charge in [-0.2, -0.15) is 0 Å². The number of carboxylic acids is 1. The Balaban J connectivity index is 1.82. The van der Waals surface area contributed by atoms with Crippen molar-refractivity contribution in [2.75, 3.05) is 6.54 Å². The Morgan fingerprint density at radius 1 is 1.21 bits per heavy atom. The van der Waals surface area contributed by atoms with Gasteiger partial charge in [0.15, 0.2) is 0 Å². The lowest BCUT2D eigenvalue weighted by Gasteiger charge is -2.11. The zero-order valence-electron chi connectivity index (χ0n) is 11.1. The number of benzene rings is 1. The van der Waals surface area contributed by atoms with Gasteiger partial charge in [-0.25, -0.2) is 0 Å². The van der Waals surface area contributed by atoms with Crippen LogP contribution in [0.5, 0.6) is 0 Å². The highest BCUT2D eigenvalue weighted by atomic mass is 16.4. The third-order valence-corrected chi connectivity index (χ3v) is 3.73. The van der Waals surface area contributed by atoms with Gasteiger partial charge >= 0.3 is 5.97 Å². The van der Waals surface area contributed by atoms with Crippen molar-refractivity contribution < 1.29 is 14.7 Å². The number of hydrogen-bond donors (Lipinski definition) is 2. The number of hydrogen-bond acceptors (Lipinski definition) is 2. The van der Waals surface area contributed by atoms with E-state index in [2.05, 4.69) is 12.2 Å². The summed E-state index contributed by atoms with van der Waals surface area (Å²) in [5, 5.41) is 11.7. The fourth-order valence-corrected chi connectivity index (χ4v) is 2.03. The Morgan fingerprint density at radius 2 is 1.79 bits per heavy atom. The van der Waals surface area contributed by atoms with Crippen molar-refractivity contribution in [2.24, 2.45) is 5.41 Å². The minimum absolute atomic E-state index is 0.114. The van der Waals surface area contributed by atoms with Crippen LogP contribution in [0.1, 0.15) is 30.9 Å². The average Bonchev–Trinajstić information content (AvgIpc) is 3.18. The molecule has 102 valence electrons. The normalized spacial score (nSPS) is 15.8. The van der Waals surface area contributed by atoms with Gasteiger partial charge in [-0.05, 0) is 30.4 Å². The zero-order chi connectivity index (χ0) is 13.9. The van der Waals surface area contributed by atoms with E-state index in [4.69, 9.17) is 5.11 Å². The summed E-state index contributed by atoms with van der Waals surface area (Å²) >= 11 is 0. The summed E-state index contributed by atoms with van der Waals surface area (Å²) in [6.07, 6.45) is 2.61. The number of carboxylic acid groups (broad SMARTS) is 1. The predicted molar refractivity (Wildman–Crippen MR) is 71.8 cm³/mol. The van der Waals surface area contributed by atoms with Crippen molar-refractivity contribution >= 4 is 11.9 Å². The second-order valence-electron chi connectivity index (χ2n) is 5.21. The Labute approximate surface area is 112 Å². The van der Waals surface area contributed by atoms with Gasteiger partial charge in [-0.1, -0.05) is 31.2 Å². The lowest BCUT2D eigenvalue weighted by atomic mass is 10.1. The molecule has 0 atom stereocenters. The van der Waals surface area contributed by atoms with Crippen molar-refractivity contribution in [1.29, 1.82) is 0 Å². The van der Waals surface area contributed by atoms with Crippen molar-refractivity contribution in [1.82, 2.24) is 5.32 Å². The predicted octanol–water partition coefficient (Wildman–Crippen LogP) is 1.77. The fraction of sp³-hybridized carbons (Fsp3) is 0.467. The molecule has 1 aliphatic rings. The van der Waals surface area contributed by atoms with Crippen LogP contribution >= 0.6 is 0 Å². The molecule has 2 rings (SSSR count). The first-order valence-corrected chi connectivity index (χ1v) is 6.64. The van der Waals surface area contributed by atoms with E-state index in [-0.39, 0.29) is 12.5 Å². The van der Waals surface area contributed by atoms with E-state index in [1.54, 1.807) is 0 Å². The number of amides is 1. The van der Waals surface area contributed by atoms with Crippen molar-refractivity contribution in [2.45, 2.75) is 32.6 Å². The van der Waals surface area contributed by atoms with Crippen LogP contribution in [-0.4, -0.2) is 23.5 Å². The first kappa shape index (κ1) is 13.6. The Kier molecular flexibility index (Phi) is 3.88. The van der Waals surface area contributed by atoms with E-state index in [9.17, 15) is 9.59 Å². The highest BCUT2D eigenvalue weighted by Gasteiger charge is 2.50. The lowest BCUT2D eigenvalue weighted by molar-refractivity contribution is -0.143. The number of nitrogens with one attached hydrogen (secondary N) is 1. The zero-order valence-corrected chi connectivity index (χ0v) is 11.1. The molecule has 4 nitrogen and oxygen atoms in total. The number of carbonyl (C=O) groups excluding carboxylic acids is 1. The molecule has 0 spiro atoms. The smallest absolute Gasteiger partial charge is 0.311 e. The molecule has 0 saturated heterocycles. The Bertz CT molecular complexity index is 475. The van der Waals surface area contributed by atoms with E-state index in [1.165, 1.54) is 5.56 Å². The van der Waals surface area contributed by atoms with Crippen LogP contribution in [0.15, 0.2) is 24.3 Å². The van der Waals surface area contributed by atoms with Crippen LogP contribution in [-0.2, 0) is 22.4 Å². The summed E-state index contributed by atoms with van der Waals surface area (Å²) in [6.45, 7) is 2.33. The van der Waals surface area contributed by atoms with Crippen LogP contribution in [0.4, 0.5) is 0 Å². The Morgan fingerprint density at radius 3 is 2.26 bits per heavy atom. The quantitative estimate of drug-likeness (QED) is 0.820. The molecule has 1 fully saturated rings. The van der Waals surface area contributed by atoms with E-state index >= 15 is 0 Å². The SMILES string of the molecule is CCc1ccc(CC(=O)NCC2(C(=O)O)CC2)cc1. The third-order valence-electron chi connectivity index (χ3n) is 3.73. The standard InChI is InChI=1S/C15H19NO3/c1-2-11-3-5-12(6-4-11)9-13(17)16-10-15(7-8-15)14(18)19/h3-6H,2,7-10H2,1H3,(H,16,17)(H,18,19). The molecule has 1 aromatic carbocycles. The molecule has 1 aromatic rings. The third kappa shape index (κ3) is 3.34. The van der Waals surface area contributed by atoms with E-state index in [0.717, 1.165) is 12.0 Å². The van der Waals surface area contributed by atoms with Gasteiger partial charge in [0.2, 0.25) is 5.91 Å². The maximum absolute atomic E-state index is 11.8. The molecule has 2 N–H and O–H groups in total. The Hall–Kier alpha value is -1.84. The summed E-state index contributed by atoms with van der Waals surface area (Å²) in [4.78, 5) is 22.7. The van der Waals surface area contributed by atoms with E-state index in [1.807, 2.05) is 24.3 Å². The first-order valence-electron chi connectivity index (χ1n) is 6.64. The summed E-state index contributed by atoms with van der Waals surface area (Å²) in [7, 11) is 0. The second-order valence-corrected chi connectivity index (χ2v) is 5.21. The molecule has 0 heterocycles. The molecule has 1 aliphatic carbocycles. The first-order chi connectivity index (χ1) is 9.05. The van der Waals surface area contributed by atoms with Crippen LogP contribution < -0.4 is 5.32 Å². The second kappa shape index (κ2) is 5.43. The molecule has 1 saturated carbocycles. The molecule has 0 unspecified atom stereocenters.